The van der Waals surface area contributed by atoms with E-state index in [0.717, 1.165) is 19.4 Å². The molecule has 0 radical (unpaired) electrons. The first kappa shape index (κ1) is 14.7. The molecular formula is C15H20O5. The van der Waals surface area contributed by atoms with Crippen molar-refractivity contribution < 1.29 is 24.1 Å². The minimum atomic E-state index is -0.859. The summed E-state index contributed by atoms with van der Waals surface area (Å²) in [7, 11) is 1.57. The third kappa shape index (κ3) is 3.42. The summed E-state index contributed by atoms with van der Waals surface area (Å²) < 4.78 is 16.6. The van der Waals surface area contributed by atoms with E-state index in [4.69, 9.17) is 19.3 Å². The Morgan fingerprint density at radius 2 is 2.25 bits per heavy atom. The van der Waals surface area contributed by atoms with Crippen molar-refractivity contribution in [3.63, 3.8) is 0 Å². The van der Waals surface area contributed by atoms with Crippen LogP contribution in [0.25, 0.3) is 0 Å². The van der Waals surface area contributed by atoms with Crippen LogP contribution in [0.15, 0.2) is 18.2 Å². The van der Waals surface area contributed by atoms with Crippen LogP contribution in [0.5, 0.6) is 11.5 Å². The number of rotatable bonds is 5. The van der Waals surface area contributed by atoms with Crippen LogP contribution in [0.1, 0.15) is 31.2 Å². The summed E-state index contributed by atoms with van der Waals surface area (Å²) in [4.78, 5) is 11.1. The molecule has 1 aliphatic heterocycles. The van der Waals surface area contributed by atoms with E-state index in [1.165, 1.54) is 0 Å². The highest BCUT2D eigenvalue weighted by atomic mass is 16.5. The molecule has 2 unspecified atom stereocenters. The zero-order valence-corrected chi connectivity index (χ0v) is 11.8. The maximum absolute atomic E-state index is 11.1. The molecular weight excluding hydrogens is 260 g/mol. The van der Waals surface area contributed by atoms with E-state index in [9.17, 15) is 4.79 Å². The first-order valence-corrected chi connectivity index (χ1v) is 6.77. The lowest BCUT2D eigenvalue weighted by atomic mass is 10.0. The summed E-state index contributed by atoms with van der Waals surface area (Å²) in [6, 6.07) is 5.24. The lowest BCUT2D eigenvalue weighted by Crippen LogP contribution is -2.28. The van der Waals surface area contributed by atoms with Crippen LogP contribution in [-0.2, 0) is 9.53 Å². The van der Waals surface area contributed by atoms with Gasteiger partial charge in [0.2, 0.25) is 0 Å². The number of carbonyl (C=O) groups is 1. The van der Waals surface area contributed by atoms with E-state index in [-0.39, 0.29) is 6.10 Å². The molecule has 1 heterocycles. The number of methoxy groups -OCH3 is 1. The van der Waals surface area contributed by atoms with Crippen LogP contribution in [0.4, 0.5) is 0 Å². The monoisotopic (exact) mass is 280 g/mol. The summed E-state index contributed by atoms with van der Waals surface area (Å²) >= 11 is 0. The molecule has 1 saturated heterocycles. The minimum Gasteiger partial charge on any atom is -0.493 e. The average molecular weight is 280 g/mol. The van der Waals surface area contributed by atoms with Gasteiger partial charge in [0.25, 0.3) is 0 Å². The molecule has 0 aliphatic carbocycles. The fourth-order valence-corrected chi connectivity index (χ4v) is 2.18. The number of hydrogen-bond acceptors (Lipinski definition) is 4. The van der Waals surface area contributed by atoms with Crippen molar-refractivity contribution in [2.75, 3.05) is 20.3 Å². The van der Waals surface area contributed by atoms with Crippen molar-refractivity contribution in [3.05, 3.63) is 23.8 Å². The number of carboxylic acids is 1. The third-order valence-corrected chi connectivity index (χ3v) is 3.47. The van der Waals surface area contributed by atoms with Gasteiger partial charge < -0.3 is 19.3 Å². The molecule has 2 atom stereocenters. The van der Waals surface area contributed by atoms with Crippen molar-refractivity contribution in [1.82, 2.24) is 0 Å². The maximum Gasteiger partial charge on any atom is 0.310 e. The van der Waals surface area contributed by atoms with E-state index in [0.29, 0.717) is 23.7 Å². The van der Waals surface area contributed by atoms with Gasteiger partial charge in [-0.05, 0) is 37.5 Å². The molecule has 5 heteroatoms. The molecule has 5 nitrogen and oxygen atoms in total. The molecule has 0 amide bonds. The highest BCUT2D eigenvalue weighted by molar-refractivity contribution is 5.75. The summed E-state index contributed by atoms with van der Waals surface area (Å²) in [5, 5.41) is 9.08. The van der Waals surface area contributed by atoms with Gasteiger partial charge >= 0.3 is 5.97 Å². The quantitative estimate of drug-likeness (QED) is 0.897. The highest BCUT2D eigenvalue weighted by Crippen LogP contribution is 2.32. The predicted molar refractivity (Wildman–Crippen MR) is 73.5 cm³/mol. The van der Waals surface area contributed by atoms with Crippen molar-refractivity contribution >= 4 is 5.97 Å². The van der Waals surface area contributed by atoms with Crippen LogP contribution in [-0.4, -0.2) is 37.5 Å². The van der Waals surface area contributed by atoms with Gasteiger partial charge in [-0.2, -0.15) is 0 Å². The van der Waals surface area contributed by atoms with Gasteiger partial charge in [0.15, 0.2) is 11.5 Å². The van der Waals surface area contributed by atoms with Crippen molar-refractivity contribution in [1.29, 1.82) is 0 Å². The van der Waals surface area contributed by atoms with Crippen molar-refractivity contribution in [2.45, 2.75) is 31.8 Å². The van der Waals surface area contributed by atoms with Gasteiger partial charge in [0.05, 0.1) is 19.6 Å². The summed E-state index contributed by atoms with van der Waals surface area (Å²) in [6.07, 6.45) is 1.90. The lowest BCUT2D eigenvalue weighted by molar-refractivity contribution is -0.138. The number of ether oxygens (including phenoxy) is 3. The SMILES string of the molecule is COc1ccc(C(C)C(=O)O)cc1OC1CCCOC1. The van der Waals surface area contributed by atoms with E-state index in [1.807, 2.05) is 0 Å². The molecule has 1 aliphatic rings. The smallest absolute Gasteiger partial charge is 0.310 e. The van der Waals surface area contributed by atoms with Crippen LogP contribution in [0, 0.1) is 0 Å². The van der Waals surface area contributed by atoms with Gasteiger partial charge in [-0.1, -0.05) is 6.07 Å². The minimum absolute atomic E-state index is 0.00645. The molecule has 20 heavy (non-hydrogen) atoms. The fraction of sp³-hybridized carbons (Fsp3) is 0.533. The Labute approximate surface area is 118 Å². The maximum atomic E-state index is 11.1. The zero-order chi connectivity index (χ0) is 14.5. The Kier molecular flexibility index (Phi) is 4.84. The normalized spacial score (nSPS) is 20.2. The van der Waals surface area contributed by atoms with Gasteiger partial charge in [-0.3, -0.25) is 4.79 Å². The molecule has 1 fully saturated rings. The topological polar surface area (TPSA) is 65.0 Å². The Balaban J connectivity index is 2.19. The van der Waals surface area contributed by atoms with Gasteiger partial charge in [0.1, 0.15) is 6.10 Å². The van der Waals surface area contributed by atoms with E-state index < -0.39 is 11.9 Å². The van der Waals surface area contributed by atoms with E-state index >= 15 is 0 Å². The molecule has 0 saturated carbocycles. The summed E-state index contributed by atoms with van der Waals surface area (Å²) in [5.74, 6) is -0.251. The Morgan fingerprint density at radius 1 is 1.45 bits per heavy atom. The lowest BCUT2D eigenvalue weighted by Gasteiger charge is -2.24. The van der Waals surface area contributed by atoms with E-state index in [1.54, 1.807) is 32.2 Å². The van der Waals surface area contributed by atoms with Gasteiger partial charge in [0, 0.05) is 6.61 Å². The van der Waals surface area contributed by atoms with Crippen LogP contribution in [0.2, 0.25) is 0 Å². The third-order valence-electron chi connectivity index (χ3n) is 3.47. The molecule has 1 aromatic carbocycles. The molecule has 1 N–H and O–H groups in total. The van der Waals surface area contributed by atoms with Crippen LogP contribution in [0.3, 0.4) is 0 Å². The number of aliphatic carboxylic acids is 1. The number of benzene rings is 1. The first-order valence-electron chi connectivity index (χ1n) is 6.77. The average Bonchev–Trinajstić information content (AvgIpc) is 2.47. The Bertz CT molecular complexity index is 465. The number of carboxylic acid groups (broad SMARTS) is 1. The molecule has 0 spiro atoms. The van der Waals surface area contributed by atoms with Crippen LogP contribution < -0.4 is 9.47 Å². The standard InChI is InChI=1S/C15H20O5/c1-10(15(16)17)11-5-6-13(18-2)14(8-11)20-12-4-3-7-19-9-12/h5-6,8,10,12H,3-4,7,9H2,1-2H3,(H,16,17). The molecule has 0 aromatic heterocycles. The highest BCUT2D eigenvalue weighted by Gasteiger charge is 2.20. The second kappa shape index (κ2) is 6.61. The predicted octanol–water partition coefficient (Wildman–Crippen LogP) is 2.44. The fourth-order valence-electron chi connectivity index (χ4n) is 2.18. The summed E-state index contributed by atoms with van der Waals surface area (Å²) in [5.41, 5.74) is 0.699. The van der Waals surface area contributed by atoms with Gasteiger partial charge in [-0.25, -0.2) is 0 Å². The number of hydrogen-bond donors (Lipinski definition) is 1. The second-order valence-corrected chi connectivity index (χ2v) is 4.93. The molecule has 1 aromatic rings. The largest absolute Gasteiger partial charge is 0.493 e. The van der Waals surface area contributed by atoms with Crippen LogP contribution >= 0.6 is 0 Å². The molecule has 110 valence electrons. The van der Waals surface area contributed by atoms with Gasteiger partial charge in [-0.15, -0.1) is 0 Å². The second-order valence-electron chi connectivity index (χ2n) is 4.93. The molecule has 2 rings (SSSR count). The Morgan fingerprint density at radius 3 is 2.85 bits per heavy atom. The van der Waals surface area contributed by atoms with E-state index in [2.05, 4.69) is 0 Å². The summed E-state index contributed by atoms with van der Waals surface area (Å²) in [6.45, 7) is 2.98. The van der Waals surface area contributed by atoms with Crippen molar-refractivity contribution in [3.8, 4) is 11.5 Å². The first-order chi connectivity index (χ1) is 9.61. The molecule has 0 bridgehead atoms. The Hall–Kier alpha value is -1.75. The zero-order valence-electron chi connectivity index (χ0n) is 11.8. The van der Waals surface area contributed by atoms with Crippen molar-refractivity contribution in [2.24, 2.45) is 0 Å².